The number of likely N-dealkylation sites (N-methyl/N-ethyl adjacent to an activating group) is 1. The second-order valence-corrected chi connectivity index (χ2v) is 4.09. The zero-order valence-corrected chi connectivity index (χ0v) is 9.16. The van der Waals surface area contributed by atoms with Gasteiger partial charge in [0.15, 0.2) is 0 Å². The van der Waals surface area contributed by atoms with E-state index < -0.39 is 0 Å². The molecule has 0 radical (unpaired) electrons. The van der Waals surface area contributed by atoms with Gasteiger partial charge < -0.3 is 10.2 Å². The molecule has 1 fully saturated rings. The van der Waals surface area contributed by atoms with E-state index in [1.165, 1.54) is 5.56 Å². The molecule has 1 amide bonds. The molecule has 2 rings (SSSR count). The molecule has 1 aliphatic heterocycles. The van der Waals surface area contributed by atoms with Crippen LogP contribution >= 0.6 is 0 Å². The van der Waals surface area contributed by atoms with E-state index in [2.05, 4.69) is 5.32 Å². The van der Waals surface area contributed by atoms with Gasteiger partial charge in [-0.05, 0) is 19.1 Å². The molecule has 0 unspecified atom stereocenters. The van der Waals surface area contributed by atoms with E-state index in [-0.39, 0.29) is 5.91 Å². The van der Waals surface area contributed by atoms with E-state index in [1.807, 2.05) is 43.1 Å². The van der Waals surface area contributed by atoms with Gasteiger partial charge in [0.05, 0.1) is 6.04 Å². The van der Waals surface area contributed by atoms with Gasteiger partial charge in [-0.2, -0.15) is 0 Å². The van der Waals surface area contributed by atoms with Crippen LogP contribution in [0.3, 0.4) is 0 Å². The highest BCUT2D eigenvalue weighted by molar-refractivity contribution is 5.94. The zero-order valence-electron chi connectivity index (χ0n) is 9.16. The van der Waals surface area contributed by atoms with Gasteiger partial charge in [0, 0.05) is 25.7 Å². The Morgan fingerprint density at radius 1 is 1.33 bits per heavy atom. The molecule has 0 saturated carbocycles. The van der Waals surface area contributed by atoms with Crippen LogP contribution in [0.1, 0.15) is 15.9 Å². The summed E-state index contributed by atoms with van der Waals surface area (Å²) in [6.07, 6.45) is 0. The molecule has 1 N–H and O–H groups in total. The van der Waals surface area contributed by atoms with Crippen LogP contribution in [0, 0.1) is 6.92 Å². The van der Waals surface area contributed by atoms with Gasteiger partial charge in [0.1, 0.15) is 0 Å². The van der Waals surface area contributed by atoms with Gasteiger partial charge in [0.2, 0.25) is 0 Å². The predicted octanol–water partition coefficient (Wildman–Crippen LogP) is 1.04. The van der Waals surface area contributed by atoms with Crippen LogP contribution in [0.4, 0.5) is 0 Å². The summed E-state index contributed by atoms with van der Waals surface area (Å²) in [5.41, 5.74) is 1.95. The summed E-state index contributed by atoms with van der Waals surface area (Å²) in [6.45, 7) is 3.84. The summed E-state index contributed by atoms with van der Waals surface area (Å²) in [5.74, 6) is 0.113. The number of nitrogens with one attached hydrogen (secondary N) is 1. The van der Waals surface area contributed by atoms with Crippen molar-refractivity contribution >= 4 is 5.91 Å². The first-order valence-corrected chi connectivity index (χ1v) is 5.23. The number of carbonyl (C=O) groups excluding carboxylic acids is 1. The van der Waals surface area contributed by atoms with E-state index in [0.29, 0.717) is 6.04 Å². The SMILES string of the molecule is Cc1ccc(C(=O)N(C)C2CNC2)cc1. The van der Waals surface area contributed by atoms with Gasteiger partial charge in [-0.25, -0.2) is 0 Å². The van der Waals surface area contributed by atoms with Gasteiger partial charge in [-0.1, -0.05) is 17.7 Å². The molecule has 1 heterocycles. The highest BCUT2D eigenvalue weighted by Gasteiger charge is 2.25. The molecule has 3 heteroatoms. The molecule has 0 aromatic heterocycles. The van der Waals surface area contributed by atoms with Crippen molar-refractivity contribution in [2.45, 2.75) is 13.0 Å². The fourth-order valence-electron chi connectivity index (χ4n) is 1.61. The van der Waals surface area contributed by atoms with E-state index >= 15 is 0 Å². The Bertz CT molecular complexity index is 354. The average Bonchev–Trinajstić information content (AvgIpc) is 2.15. The van der Waals surface area contributed by atoms with Crippen LogP contribution in [0.5, 0.6) is 0 Å². The normalized spacial score (nSPS) is 15.9. The molecule has 1 aromatic carbocycles. The number of benzene rings is 1. The van der Waals surface area contributed by atoms with Crippen molar-refractivity contribution in [3.05, 3.63) is 35.4 Å². The Morgan fingerprint density at radius 3 is 2.40 bits per heavy atom. The Kier molecular flexibility index (Phi) is 2.73. The lowest BCUT2D eigenvalue weighted by atomic mass is 10.1. The molecule has 1 aliphatic rings. The van der Waals surface area contributed by atoms with Crippen molar-refractivity contribution in [3.63, 3.8) is 0 Å². The number of nitrogens with zero attached hydrogens (tertiary/aromatic N) is 1. The number of hydrogen-bond donors (Lipinski definition) is 1. The van der Waals surface area contributed by atoms with Crippen LogP contribution in [0.15, 0.2) is 24.3 Å². The Hall–Kier alpha value is -1.35. The Labute approximate surface area is 90.1 Å². The van der Waals surface area contributed by atoms with Crippen molar-refractivity contribution < 1.29 is 4.79 Å². The van der Waals surface area contributed by atoms with Gasteiger partial charge in [-0.3, -0.25) is 4.79 Å². The number of carbonyl (C=O) groups is 1. The van der Waals surface area contributed by atoms with E-state index in [0.717, 1.165) is 18.7 Å². The van der Waals surface area contributed by atoms with Crippen LogP contribution in [0.2, 0.25) is 0 Å². The first-order valence-electron chi connectivity index (χ1n) is 5.23. The number of hydrogen-bond acceptors (Lipinski definition) is 2. The van der Waals surface area contributed by atoms with Gasteiger partial charge >= 0.3 is 0 Å². The van der Waals surface area contributed by atoms with Crippen molar-refractivity contribution in [2.24, 2.45) is 0 Å². The molecule has 80 valence electrons. The summed E-state index contributed by atoms with van der Waals surface area (Å²) in [4.78, 5) is 13.8. The first-order chi connectivity index (χ1) is 7.18. The van der Waals surface area contributed by atoms with Gasteiger partial charge in [-0.15, -0.1) is 0 Å². The van der Waals surface area contributed by atoms with E-state index in [4.69, 9.17) is 0 Å². The largest absolute Gasteiger partial charge is 0.336 e. The fraction of sp³-hybridized carbons (Fsp3) is 0.417. The summed E-state index contributed by atoms with van der Waals surface area (Å²) in [6, 6.07) is 8.08. The molecule has 0 bridgehead atoms. The molecule has 15 heavy (non-hydrogen) atoms. The molecule has 0 aliphatic carbocycles. The minimum atomic E-state index is 0.113. The summed E-state index contributed by atoms with van der Waals surface area (Å²) < 4.78 is 0. The van der Waals surface area contributed by atoms with Crippen molar-refractivity contribution in [3.8, 4) is 0 Å². The van der Waals surface area contributed by atoms with Gasteiger partial charge in [0.25, 0.3) is 5.91 Å². The molecular formula is C12H16N2O. The van der Waals surface area contributed by atoms with Crippen molar-refractivity contribution in [1.82, 2.24) is 10.2 Å². The summed E-state index contributed by atoms with van der Waals surface area (Å²) in [7, 11) is 1.87. The first kappa shape index (κ1) is 10.2. The molecule has 1 saturated heterocycles. The Balaban J connectivity index is 2.09. The van der Waals surface area contributed by atoms with Crippen LogP contribution in [-0.2, 0) is 0 Å². The fourth-order valence-corrected chi connectivity index (χ4v) is 1.61. The lowest BCUT2D eigenvalue weighted by molar-refractivity contribution is 0.0681. The van der Waals surface area contributed by atoms with Crippen LogP contribution in [-0.4, -0.2) is 37.0 Å². The summed E-state index contributed by atoms with van der Waals surface area (Å²) >= 11 is 0. The smallest absolute Gasteiger partial charge is 0.253 e. The van der Waals surface area contributed by atoms with Crippen LogP contribution in [0.25, 0.3) is 0 Å². The number of aryl methyl sites for hydroxylation is 1. The van der Waals surface area contributed by atoms with Crippen molar-refractivity contribution in [1.29, 1.82) is 0 Å². The minimum absolute atomic E-state index is 0.113. The maximum atomic E-state index is 12.0. The molecular weight excluding hydrogens is 188 g/mol. The lowest BCUT2D eigenvalue weighted by Gasteiger charge is -2.35. The molecule has 1 aromatic rings. The van der Waals surface area contributed by atoms with Crippen LogP contribution < -0.4 is 5.32 Å². The van der Waals surface area contributed by atoms with E-state index in [9.17, 15) is 4.79 Å². The molecule has 0 spiro atoms. The number of amides is 1. The average molecular weight is 204 g/mol. The standard InChI is InChI=1S/C12H16N2O/c1-9-3-5-10(6-4-9)12(15)14(2)11-7-13-8-11/h3-6,11,13H,7-8H2,1-2H3. The predicted molar refractivity (Wildman–Crippen MR) is 59.9 cm³/mol. The highest BCUT2D eigenvalue weighted by atomic mass is 16.2. The maximum Gasteiger partial charge on any atom is 0.253 e. The minimum Gasteiger partial charge on any atom is -0.336 e. The molecule has 3 nitrogen and oxygen atoms in total. The Morgan fingerprint density at radius 2 is 1.93 bits per heavy atom. The number of rotatable bonds is 2. The molecule has 0 atom stereocenters. The second kappa shape index (κ2) is 4.03. The maximum absolute atomic E-state index is 12.0. The monoisotopic (exact) mass is 204 g/mol. The topological polar surface area (TPSA) is 32.3 Å². The quantitative estimate of drug-likeness (QED) is 0.780. The lowest BCUT2D eigenvalue weighted by Crippen LogP contribution is -2.57. The third kappa shape index (κ3) is 2.02. The van der Waals surface area contributed by atoms with E-state index in [1.54, 1.807) is 0 Å². The summed E-state index contributed by atoms with van der Waals surface area (Å²) in [5, 5.41) is 3.16. The zero-order chi connectivity index (χ0) is 10.8. The second-order valence-electron chi connectivity index (χ2n) is 4.09. The van der Waals surface area contributed by atoms with Crippen molar-refractivity contribution in [2.75, 3.05) is 20.1 Å². The third-order valence-corrected chi connectivity index (χ3v) is 2.93. The third-order valence-electron chi connectivity index (χ3n) is 2.93. The highest BCUT2D eigenvalue weighted by Crippen LogP contribution is 2.10.